The van der Waals surface area contributed by atoms with E-state index in [1.165, 1.54) is 0 Å². The molecule has 3 amide bonds. The molecular weight excluding hydrogens is 554 g/mol. The average Bonchev–Trinajstić information content (AvgIpc) is 3.01. The highest BCUT2D eigenvalue weighted by Gasteiger charge is 2.35. The Morgan fingerprint density at radius 2 is 1.89 bits per heavy atom. The highest BCUT2D eigenvalue weighted by Crippen LogP contribution is 2.37. The van der Waals surface area contributed by atoms with E-state index in [9.17, 15) is 9.59 Å². The van der Waals surface area contributed by atoms with Crippen LogP contribution in [0.1, 0.15) is 68.6 Å². The number of rotatable bonds is 6. The zero-order chi connectivity index (χ0) is 30.8. The fourth-order valence-corrected chi connectivity index (χ4v) is 6.49. The van der Waals surface area contributed by atoms with Crippen LogP contribution in [0, 0.1) is 11.3 Å². The monoisotopic (exact) mass is 597 g/mol. The molecule has 2 fully saturated rings. The SMILES string of the molecule is CC1COCCN1c1nc(-c2ccc(NC(=O)NC3CCC3CC(C)(C)C)cc2)nc2c1CCN(C(=O)c1cccnc1)C2. The summed E-state index contributed by atoms with van der Waals surface area (Å²) < 4.78 is 5.71. The van der Waals surface area contributed by atoms with Crippen molar-refractivity contribution in [3.63, 3.8) is 0 Å². The maximum atomic E-state index is 13.3. The number of hydrogen-bond donors (Lipinski definition) is 2. The van der Waals surface area contributed by atoms with Crippen LogP contribution in [0.15, 0.2) is 48.8 Å². The number of benzene rings is 1. The van der Waals surface area contributed by atoms with Gasteiger partial charge < -0.3 is 25.2 Å². The Kier molecular flexibility index (Phi) is 8.53. The van der Waals surface area contributed by atoms with Crippen LogP contribution in [0.25, 0.3) is 11.4 Å². The minimum Gasteiger partial charge on any atom is -0.377 e. The van der Waals surface area contributed by atoms with Crippen LogP contribution in [0.3, 0.4) is 0 Å². The lowest BCUT2D eigenvalue weighted by Gasteiger charge is -2.40. The molecule has 1 aliphatic carbocycles. The van der Waals surface area contributed by atoms with Gasteiger partial charge in [0.15, 0.2) is 5.82 Å². The summed E-state index contributed by atoms with van der Waals surface area (Å²) in [5.74, 6) is 2.00. The predicted octanol–water partition coefficient (Wildman–Crippen LogP) is 5.30. The van der Waals surface area contributed by atoms with Gasteiger partial charge >= 0.3 is 6.03 Å². The third-order valence-electron chi connectivity index (χ3n) is 8.89. The molecule has 2 N–H and O–H groups in total. The average molecular weight is 598 g/mol. The Labute approximate surface area is 259 Å². The van der Waals surface area contributed by atoms with Gasteiger partial charge in [-0.2, -0.15) is 0 Å². The summed E-state index contributed by atoms with van der Waals surface area (Å²) in [5, 5.41) is 6.16. The van der Waals surface area contributed by atoms with Crippen LogP contribution in [-0.2, 0) is 17.7 Å². The van der Waals surface area contributed by atoms with Gasteiger partial charge in [-0.05, 0) is 80.3 Å². The second kappa shape index (κ2) is 12.5. The zero-order valence-corrected chi connectivity index (χ0v) is 26.2. The first-order valence-electron chi connectivity index (χ1n) is 15.8. The number of nitrogens with one attached hydrogen (secondary N) is 2. The zero-order valence-electron chi connectivity index (χ0n) is 26.2. The molecule has 0 bridgehead atoms. The number of carbonyl (C=O) groups is 2. The Hall–Kier alpha value is -4.05. The fraction of sp³-hybridized carbons (Fsp3) is 0.500. The molecule has 2 aromatic heterocycles. The van der Waals surface area contributed by atoms with Crippen LogP contribution < -0.4 is 15.5 Å². The van der Waals surface area contributed by atoms with E-state index in [-0.39, 0.29) is 29.4 Å². The summed E-state index contributed by atoms with van der Waals surface area (Å²) in [5.41, 5.74) is 4.34. The van der Waals surface area contributed by atoms with Gasteiger partial charge in [-0.25, -0.2) is 14.8 Å². The van der Waals surface area contributed by atoms with E-state index in [2.05, 4.69) is 48.2 Å². The molecule has 0 spiro atoms. The quantitative estimate of drug-likeness (QED) is 0.397. The van der Waals surface area contributed by atoms with Crippen molar-refractivity contribution in [1.29, 1.82) is 0 Å². The molecule has 3 atom stereocenters. The van der Waals surface area contributed by atoms with Crippen LogP contribution in [0.5, 0.6) is 0 Å². The molecule has 1 saturated heterocycles. The van der Waals surface area contributed by atoms with Gasteiger partial charge in [-0.15, -0.1) is 0 Å². The summed E-state index contributed by atoms with van der Waals surface area (Å²) >= 11 is 0. The van der Waals surface area contributed by atoms with E-state index in [0.29, 0.717) is 55.7 Å². The normalized spacial score (nSPS) is 21.7. The molecular formula is C34H43N7O3. The largest absolute Gasteiger partial charge is 0.377 e. The van der Waals surface area contributed by atoms with E-state index >= 15 is 0 Å². The van der Waals surface area contributed by atoms with Crippen LogP contribution in [-0.4, -0.2) is 70.2 Å². The van der Waals surface area contributed by atoms with E-state index < -0.39 is 0 Å². The minimum atomic E-state index is -0.173. The minimum absolute atomic E-state index is 0.0504. The summed E-state index contributed by atoms with van der Waals surface area (Å²) in [6, 6.07) is 11.5. The Balaban J connectivity index is 1.21. The Morgan fingerprint density at radius 3 is 2.57 bits per heavy atom. The summed E-state index contributed by atoms with van der Waals surface area (Å²) in [7, 11) is 0. The molecule has 0 radical (unpaired) electrons. The number of hydrogen-bond acceptors (Lipinski definition) is 7. The van der Waals surface area contributed by atoms with Gasteiger partial charge in [0.2, 0.25) is 0 Å². The summed E-state index contributed by atoms with van der Waals surface area (Å²) in [6.45, 7) is 11.9. The lowest BCUT2D eigenvalue weighted by Crippen LogP contribution is -2.49. The Bertz CT molecular complexity index is 1490. The second-order valence-corrected chi connectivity index (χ2v) is 13.5. The summed E-state index contributed by atoms with van der Waals surface area (Å²) in [6.07, 6.45) is 7.25. The smallest absolute Gasteiger partial charge is 0.319 e. The van der Waals surface area contributed by atoms with Crippen LogP contribution in [0.2, 0.25) is 0 Å². The van der Waals surface area contributed by atoms with E-state index in [0.717, 1.165) is 48.4 Å². The fourth-order valence-electron chi connectivity index (χ4n) is 6.49. The van der Waals surface area contributed by atoms with Crippen LogP contribution in [0.4, 0.5) is 16.3 Å². The number of ether oxygens (including phenoxy) is 1. The molecule has 2 aliphatic heterocycles. The molecule has 10 nitrogen and oxygen atoms in total. The molecule has 3 unspecified atom stereocenters. The number of urea groups is 1. The summed E-state index contributed by atoms with van der Waals surface area (Å²) in [4.78, 5) is 44.4. The topological polar surface area (TPSA) is 113 Å². The van der Waals surface area contributed by atoms with E-state index in [1.54, 1.807) is 24.5 Å². The van der Waals surface area contributed by atoms with Crippen molar-refractivity contribution < 1.29 is 14.3 Å². The first-order valence-corrected chi connectivity index (χ1v) is 15.8. The number of carbonyl (C=O) groups excluding carboxylic acids is 2. The van der Waals surface area contributed by atoms with Crippen LogP contribution >= 0.6 is 0 Å². The van der Waals surface area contributed by atoms with Gasteiger partial charge in [0, 0.05) is 48.3 Å². The van der Waals surface area contributed by atoms with Gasteiger partial charge in [0.05, 0.1) is 37.1 Å². The van der Waals surface area contributed by atoms with Crippen molar-refractivity contribution in [2.24, 2.45) is 11.3 Å². The van der Waals surface area contributed by atoms with Crippen molar-refractivity contribution in [2.45, 2.75) is 72.0 Å². The number of nitrogens with zero attached hydrogens (tertiary/aromatic N) is 5. The number of pyridine rings is 1. The lowest BCUT2D eigenvalue weighted by molar-refractivity contribution is 0.0731. The van der Waals surface area contributed by atoms with Crippen molar-refractivity contribution >= 4 is 23.4 Å². The highest BCUT2D eigenvalue weighted by atomic mass is 16.5. The first-order chi connectivity index (χ1) is 21.1. The van der Waals surface area contributed by atoms with Gasteiger partial charge in [0.25, 0.3) is 5.91 Å². The predicted molar refractivity (Wildman–Crippen MR) is 171 cm³/mol. The molecule has 44 heavy (non-hydrogen) atoms. The number of amides is 3. The standard InChI is InChI=1S/C34H43N7O3/c1-22-21-44-17-16-41(22)31-27-13-15-40(32(42)25-6-5-14-35-19-25)20-29(27)37-30(39-31)23-7-10-26(11-8-23)36-33(43)38-28-12-9-24(28)18-34(2,3)4/h5-8,10-11,14,19,22,24,28H,9,12-13,15-18,20-21H2,1-4H3,(H2,36,38,43). The number of aromatic nitrogens is 3. The molecule has 1 aromatic carbocycles. The second-order valence-electron chi connectivity index (χ2n) is 13.5. The molecule has 232 valence electrons. The molecule has 3 aromatic rings. The Morgan fingerprint density at radius 1 is 1.07 bits per heavy atom. The number of fused-ring (bicyclic) bond motifs is 1. The van der Waals surface area contributed by atoms with Crippen molar-refractivity contribution in [2.75, 3.05) is 36.5 Å². The molecule has 3 aliphatic rings. The third-order valence-corrected chi connectivity index (χ3v) is 8.89. The van der Waals surface area contributed by atoms with Crippen molar-refractivity contribution in [1.82, 2.24) is 25.2 Å². The maximum absolute atomic E-state index is 13.3. The van der Waals surface area contributed by atoms with E-state index in [4.69, 9.17) is 14.7 Å². The maximum Gasteiger partial charge on any atom is 0.319 e. The van der Waals surface area contributed by atoms with Gasteiger partial charge in [0.1, 0.15) is 5.82 Å². The van der Waals surface area contributed by atoms with E-state index in [1.807, 2.05) is 29.2 Å². The van der Waals surface area contributed by atoms with Gasteiger partial charge in [-0.1, -0.05) is 20.8 Å². The number of morpholine rings is 1. The highest BCUT2D eigenvalue weighted by molar-refractivity contribution is 5.94. The van der Waals surface area contributed by atoms with Crippen molar-refractivity contribution in [3.05, 3.63) is 65.6 Å². The number of anilines is 2. The molecule has 1 saturated carbocycles. The van der Waals surface area contributed by atoms with Crippen molar-refractivity contribution in [3.8, 4) is 11.4 Å². The van der Waals surface area contributed by atoms with Gasteiger partial charge in [-0.3, -0.25) is 9.78 Å². The molecule has 4 heterocycles. The third kappa shape index (κ3) is 6.70. The lowest BCUT2D eigenvalue weighted by atomic mass is 9.71. The molecule has 10 heteroatoms. The first kappa shape index (κ1) is 30.0. The molecule has 6 rings (SSSR count).